The summed E-state index contributed by atoms with van der Waals surface area (Å²) in [5, 5.41) is 13.0. The van der Waals surface area contributed by atoms with Crippen LogP contribution in [0.15, 0.2) is 15.3 Å². The number of aryl methyl sites for hydroxylation is 1. The molecule has 1 fully saturated rings. The van der Waals surface area contributed by atoms with Crippen molar-refractivity contribution in [3.63, 3.8) is 0 Å². The molecule has 5 nitrogen and oxygen atoms in total. The van der Waals surface area contributed by atoms with Gasteiger partial charge in [-0.15, -0.1) is 0 Å². The zero-order chi connectivity index (χ0) is 12.0. The van der Waals surface area contributed by atoms with Crippen LogP contribution in [0.5, 0.6) is 5.75 Å². The van der Waals surface area contributed by atoms with Crippen LogP contribution in [-0.2, 0) is 0 Å². The molecular formula is C12H15NO4. The van der Waals surface area contributed by atoms with Gasteiger partial charge < -0.3 is 19.6 Å². The van der Waals surface area contributed by atoms with Gasteiger partial charge in [-0.1, -0.05) is 0 Å². The summed E-state index contributed by atoms with van der Waals surface area (Å²) < 4.78 is 10.8. The number of ether oxygens (including phenoxy) is 1. The van der Waals surface area contributed by atoms with Gasteiger partial charge >= 0.3 is 5.63 Å². The SMILES string of the molecule is Cc1cc2c(c(=O)o1)N[C@H]1[C@H](O)CCC[C@H]1O2. The average Bonchev–Trinajstić information content (AvgIpc) is 2.27. The molecule has 3 rings (SSSR count). The van der Waals surface area contributed by atoms with Crippen LogP contribution in [0.1, 0.15) is 25.0 Å². The van der Waals surface area contributed by atoms with Crippen LogP contribution in [-0.4, -0.2) is 23.4 Å². The van der Waals surface area contributed by atoms with E-state index in [1.54, 1.807) is 13.0 Å². The number of aliphatic hydroxyl groups is 1. The first-order chi connectivity index (χ1) is 8.15. The number of anilines is 1. The van der Waals surface area contributed by atoms with Crippen molar-refractivity contribution in [2.45, 2.75) is 44.4 Å². The third-order valence-corrected chi connectivity index (χ3v) is 3.43. The molecule has 1 aliphatic heterocycles. The number of hydrogen-bond acceptors (Lipinski definition) is 5. The second kappa shape index (κ2) is 3.77. The summed E-state index contributed by atoms with van der Waals surface area (Å²) in [5.41, 5.74) is -0.103. The first-order valence-corrected chi connectivity index (χ1v) is 5.91. The lowest BCUT2D eigenvalue weighted by atomic mass is 9.88. The van der Waals surface area contributed by atoms with Crippen molar-refractivity contribution in [3.05, 3.63) is 22.2 Å². The van der Waals surface area contributed by atoms with Crippen LogP contribution < -0.4 is 15.7 Å². The van der Waals surface area contributed by atoms with Gasteiger partial charge in [0, 0.05) is 6.07 Å². The molecular weight excluding hydrogens is 222 g/mol. The van der Waals surface area contributed by atoms with Gasteiger partial charge in [0.15, 0.2) is 11.4 Å². The standard InChI is InChI=1S/C12H15NO4/c1-6-5-9-11(12(15)16-6)13-10-7(14)3-2-4-8(10)17-9/h5,7-8,10,13-14H,2-4H2,1H3/t7-,8-,10+/m1/s1. The predicted molar refractivity (Wildman–Crippen MR) is 61.4 cm³/mol. The van der Waals surface area contributed by atoms with E-state index in [1.807, 2.05) is 0 Å². The first-order valence-electron chi connectivity index (χ1n) is 5.91. The Morgan fingerprint density at radius 1 is 1.47 bits per heavy atom. The Balaban J connectivity index is 2.01. The van der Waals surface area contributed by atoms with E-state index in [0.29, 0.717) is 17.2 Å². The van der Waals surface area contributed by atoms with Gasteiger partial charge in [-0.25, -0.2) is 4.79 Å². The van der Waals surface area contributed by atoms with Gasteiger partial charge in [0.1, 0.15) is 11.9 Å². The predicted octanol–water partition coefficient (Wildman–Crippen LogP) is 1.03. The lowest BCUT2D eigenvalue weighted by Crippen LogP contribution is -2.52. The number of rotatable bonds is 0. The summed E-state index contributed by atoms with van der Waals surface area (Å²) in [6, 6.07) is 1.50. The van der Waals surface area contributed by atoms with Gasteiger partial charge in [0.2, 0.25) is 0 Å². The summed E-state index contributed by atoms with van der Waals surface area (Å²) >= 11 is 0. The van der Waals surface area contributed by atoms with E-state index >= 15 is 0 Å². The van der Waals surface area contributed by atoms with E-state index in [-0.39, 0.29) is 12.1 Å². The molecule has 17 heavy (non-hydrogen) atoms. The van der Waals surface area contributed by atoms with Crippen molar-refractivity contribution in [2.75, 3.05) is 5.32 Å². The fraction of sp³-hybridized carbons (Fsp3) is 0.583. The molecule has 2 aliphatic rings. The van der Waals surface area contributed by atoms with E-state index in [4.69, 9.17) is 9.15 Å². The lowest BCUT2D eigenvalue weighted by molar-refractivity contribution is 0.0319. The van der Waals surface area contributed by atoms with Crippen molar-refractivity contribution in [3.8, 4) is 5.75 Å². The van der Waals surface area contributed by atoms with Gasteiger partial charge in [-0.3, -0.25) is 0 Å². The third-order valence-electron chi connectivity index (χ3n) is 3.43. The number of fused-ring (bicyclic) bond motifs is 2. The second-order valence-corrected chi connectivity index (χ2v) is 4.71. The molecule has 0 bridgehead atoms. The van der Waals surface area contributed by atoms with Crippen LogP contribution in [0.2, 0.25) is 0 Å². The fourth-order valence-corrected chi connectivity index (χ4v) is 2.59. The highest BCUT2D eigenvalue weighted by molar-refractivity contribution is 5.57. The normalized spacial score (nSPS) is 30.8. The molecule has 2 heterocycles. The maximum atomic E-state index is 11.7. The van der Waals surface area contributed by atoms with E-state index < -0.39 is 11.7 Å². The van der Waals surface area contributed by atoms with E-state index in [2.05, 4.69) is 5.32 Å². The number of aliphatic hydroxyl groups excluding tert-OH is 1. The molecule has 1 saturated carbocycles. The molecule has 3 atom stereocenters. The van der Waals surface area contributed by atoms with E-state index in [1.165, 1.54) is 0 Å². The quantitative estimate of drug-likeness (QED) is 0.705. The van der Waals surface area contributed by atoms with Crippen LogP contribution in [0, 0.1) is 6.92 Å². The van der Waals surface area contributed by atoms with Crippen molar-refractivity contribution in [2.24, 2.45) is 0 Å². The molecule has 1 aliphatic carbocycles. The molecule has 1 aromatic heterocycles. The van der Waals surface area contributed by atoms with Gasteiger partial charge in [-0.2, -0.15) is 0 Å². The van der Waals surface area contributed by atoms with Crippen LogP contribution in [0.4, 0.5) is 5.69 Å². The molecule has 2 N–H and O–H groups in total. The molecule has 5 heteroatoms. The molecule has 92 valence electrons. The Bertz CT molecular complexity index is 496. The summed E-state index contributed by atoms with van der Waals surface area (Å²) in [6.45, 7) is 1.72. The minimum atomic E-state index is -0.470. The Morgan fingerprint density at radius 2 is 2.29 bits per heavy atom. The molecule has 0 aromatic carbocycles. The topological polar surface area (TPSA) is 71.7 Å². The minimum absolute atomic E-state index is 0.0625. The Hall–Kier alpha value is -1.49. The van der Waals surface area contributed by atoms with Crippen molar-refractivity contribution in [1.29, 1.82) is 0 Å². The Kier molecular flexibility index (Phi) is 2.36. The largest absolute Gasteiger partial charge is 0.486 e. The number of nitrogens with one attached hydrogen (secondary N) is 1. The Morgan fingerprint density at radius 3 is 3.12 bits per heavy atom. The number of hydrogen-bond donors (Lipinski definition) is 2. The van der Waals surface area contributed by atoms with E-state index in [0.717, 1.165) is 19.3 Å². The van der Waals surface area contributed by atoms with Crippen molar-refractivity contribution in [1.82, 2.24) is 0 Å². The lowest BCUT2D eigenvalue weighted by Gasteiger charge is -2.40. The van der Waals surface area contributed by atoms with Gasteiger partial charge in [-0.05, 0) is 26.2 Å². The summed E-state index contributed by atoms with van der Waals surface area (Å²) in [4.78, 5) is 11.7. The second-order valence-electron chi connectivity index (χ2n) is 4.71. The summed E-state index contributed by atoms with van der Waals surface area (Å²) in [6.07, 6.45) is 2.05. The molecule has 0 amide bonds. The molecule has 0 radical (unpaired) electrons. The molecule has 0 saturated heterocycles. The smallest absolute Gasteiger partial charge is 0.363 e. The van der Waals surface area contributed by atoms with Gasteiger partial charge in [0.05, 0.1) is 12.1 Å². The fourth-order valence-electron chi connectivity index (χ4n) is 2.59. The van der Waals surface area contributed by atoms with Crippen LogP contribution in [0.3, 0.4) is 0 Å². The molecule has 0 spiro atoms. The van der Waals surface area contributed by atoms with Crippen LogP contribution >= 0.6 is 0 Å². The van der Waals surface area contributed by atoms with Crippen molar-refractivity contribution < 1.29 is 14.3 Å². The summed E-state index contributed by atoms with van der Waals surface area (Å²) in [7, 11) is 0. The summed E-state index contributed by atoms with van der Waals surface area (Å²) in [5.74, 6) is 1.07. The van der Waals surface area contributed by atoms with Gasteiger partial charge in [0.25, 0.3) is 0 Å². The van der Waals surface area contributed by atoms with E-state index in [9.17, 15) is 9.90 Å². The monoisotopic (exact) mass is 237 g/mol. The highest BCUT2D eigenvalue weighted by atomic mass is 16.5. The first kappa shape index (κ1) is 10.7. The maximum absolute atomic E-state index is 11.7. The minimum Gasteiger partial charge on any atom is -0.486 e. The zero-order valence-electron chi connectivity index (χ0n) is 9.60. The zero-order valence-corrected chi connectivity index (χ0v) is 9.60. The van der Waals surface area contributed by atoms with Crippen molar-refractivity contribution >= 4 is 5.69 Å². The molecule has 1 aromatic rings. The highest BCUT2D eigenvalue weighted by Crippen LogP contribution is 2.34. The average molecular weight is 237 g/mol. The molecule has 0 unspecified atom stereocenters. The van der Waals surface area contributed by atoms with Crippen LogP contribution in [0.25, 0.3) is 0 Å². The third kappa shape index (κ3) is 1.70. The Labute approximate surface area is 98.4 Å². The highest BCUT2D eigenvalue weighted by Gasteiger charge is 2.38. The maximum Gasteiger partial charge on any atom is 0.363 e.